The molecule has 0 saturated heterocycles. The third-order valence-corrected chi connectivity index (χ3v) is 8.50. The van der Waals surface area contributed by atoms with Gasteiger partial charge in [-0.2, -0.15) is 26.3 Å². The summed E-state index contributed by atoms with van der Waals surface area (Å²) in [6.45, 7) is 9.50. The van der Waals surface area contributed by atoms with E-state index in [0.29, 0.717) is 40.2 Å². The Labute approximate surface area is 239 Å². The van der Waals surface area contributed by atoms with Crippen LogP contribution in [-0.2, 0) is 17.3 Å². The maximum Gasteiger partial charge on any atom is 0.380 e. The molecule has 214 valence electrons. The first-order valence-electron chi connectivity index (χ1n) is 13.6. The fraction of sp³-hybridized carbons (Fsp3) is 0.281. The minimum Gasteiger partial charge on any atom is -0.458 e. The second-order valence-electron chi connectivity index (χ2n) is 12.4. The maximum atomic E-state index is 14.9. The van der Waals surface area contributed by atoms with Crippen molar-refractivity contribution in [2.24, 2.45) is 0 Å². The zero-order chi connectivity index (χ0) is 30.1. The topological polar surface area (TPSA) is 25.4 Å². The molecule has 2 aliphatic heterocycles. The van der Waals surface area contributed by atoms with E-state index < -0.39 is 28.9 Å². The number of ether oxygens (including phenoxy) is 1. The molecule has 7 rings (SSSR count). The minimum absolute atomic E-state index is 0.0167. The molecule has 0 fully saturated rings. The van der Waals surface area contributed by atoms with Crippen molar-refractivity contribution in [3.05, 3.63) is 88.6 Å². The first-order chi connectivity index (χ1) is 19.5. The Morgan fingerprint density at radius 3 is 2.19 bits per heavy atom. The smallest absolute Gasteiger partial charge is 0.380 e. The lowest BCUT2D eigenvalue weighted by atomic mass is 9.34. The molecule has 1 aromatic heterocycles. The molecule has 3 heterocycles. The minimum atomic E-state index is -5.57. The highest BCUT2D eigenvalue weighted by atomic mass is 19.3. The monoisotopic (exact) mass is 578 g/mol. The van der Waals surface area contributed by atoms with E-state index in [0.717, 1.165) is 28.1 Å². The van der Waals surface area contributed by atoms with E-state index in [2.05, 4.69) is 0 Å². The van der Waals surface area contributed by atoms with Gasteiger partial charge in [-0.05, 0) is 60.0 Å². The maximum absolute atomic E-state index is 14.9. The number of anilines is 3. The number of alkyl halides is 6. The second-order valence-corrected chi connectivity index (χ2v) is 12.4. The molecule has 4 aromatic rings. The highest BCUT2D eigenvalue weighted by molar-refractivity contribution is 6.99. The molecule has 0 saturated carbocycles. The Morgan fingerprint density at radius 1 is 0.762 bits per heavy atom. The molecule has 3 aromatic carbocycles. The number of aromatic nitrogens is 1. The third-order valence-electron chi connectivity index (χ3n) is 8.50. The quantitative estimate of drug-likeness (QED) is 0.152. The van der Waals surface area contributed by atoms with Gasteiger partial charge in [0, 0.05) is 39.7 Å². The van der Waals surface area contributed by atoms with Gasteiger partial charge in [-0.1, -0.05) is 56.7 Å². The lowest BCUT2D eigenvalue weighted by Gasteiger charge is -2.40. The van der Waals surface area contributed by atoms with Crippen LogP contribution in [0.25, 0.3) is 0 Å². The number of nitrogens with zero attached hydrogens (tertiary/aromatic N) is 2. The van der Waals surface area contributed by atoms with Gasteiger partial charge in [0.2, 0.25) is 0 Å². The summed E-state index contributed by atoms with van der Waals surface area (Å²) in [4.78, 5) is 6.40. The zero-order valence-electron chi connectivity index (χ0n) is 23.4. The first kappa shape index (κ1) is 26.9. The summed E-state index contributed by atoms with van der Waals surface area (Å²) >= 11 is 0. The summed E-state index contributed by atoms with van der Waals surface area (Å²) in [5.41, 5.74) is 2.45. The van der Waals surface area contributed by atoms with Gasteiger partial charge >= 0.3 is 17.8 Å². The van der Waals surface area contributed by atoms with Gasteiger partial charge in [0.15, 0.2) is 0 Å². The molecular weight excluding hydrogens is 553 g/mol. The van der Waals surface area contributed by atoms with Gasteiger partial charge in [0.25, 0.3) is 6.71 Å². The van der Waals surface area contributed by atoms with Crippen LogP contribution in [0.3, 0.4) is 0 Å². The highest BCUT2D eigenvalue weighted by Gasteiger charge is 2.79. The summed E-state index contributed by atoms with van der Waals surface area (Å²) in [6, 6.07) is 16.2. The predicted octanol–water partition coefficient (Wildman–Crippen LogP) is 7.23. The number of fused-ring (bicyclic) bond motifs is 5. The summed E-state index contributed by atoms with van der Waals surface area (Å²) in [6.07, 6.45) is 0. The van der Waals surface area contributed by atoms with Gasteiger partial charge in [0.1, 0.15) is 17.3 Å². The second kappa shape index (κ2) is 8.11. The van der Waals surface area contributed by atoms with Crippen LogP contribution in [0, 0.1) is 13.8 Å². The number of rotatable bonds is 1. The van der Waals surface area contributed by atoms with Crippen LogP contribution in [0.2, 0.25) is 0 Å². The van der Waals surface area contributed by atoms with Crippen molar-refractivity contribution in [1.29, 1.82) is 0 Å². The summed E-state index contributed by atoms with van der Waals surface area (Å²) in [7, 11) is 0. The number of pyridine rings is 1. The lowest BCUT2D eigenvalue weighted by Crippen LogP contribution is -2.60. The van der Waals surface area contributed by atoms with Crippen LogP contribution in [-0.4, -0.2) is 17.6 Å². The fourth-order valence-electron chi connectivity index (χ4n) is 6.31. The Morgan fingerprint density at radius 2 is 1.48 bits per heavy atom. The lowest BCUT2D eigenvalue weighted by molar-refractivity contribution is -0.302. The van der Waals surface area contributed by atoms with E-state index in [-0.39, 0.29) is 17.8 Å². The number of benzene rings is 3. The van der Waals surface area contributed by atoms with Gasteiger partial charge in [-0.15, -0.1) is 0 Å². The van der Waals surface area contributed by atoms with Gasteiger partial charge in [-0.25, -0.2) is 4.98 Å². The molecule has 0 N–H and O–H groups in total. The van der Waals surface area contributed by atoms with Gasteiger partial charge < -0.3 is 4.74 Å². The zero-order valence-corrected chi connectivity index (χ0v) is 23.4. The molecule has 10 heteroatoms. The van der Waals surface area contributed by atoms with Crippen molar-refractivity contribution in [1.82, 2.24) is 4.98 Å². The first-order valence-corrected chi connectivity index (χ1v) is 13.6. The van der Waals surface area contributed by atoms with E-state index in [1.807, 2.05) is 64.1 Å². The van der Waals surface area contributed by atoms with Crippen LogP contribution in [0.5, 0.6) is 11.5 Å². The Hall–Kier alpha value is -3.95. The van der Waals surface area contributed by atoms with Crippen LogP contribution in [0.4, 0.5) is 43.5 Å². The largest absolute Gasteiger partial charge is 0.458 e. The van der Waals surface area contributed by atoms with Gasteiger partial charge in [0.05, 0.1) is 0 Å². The third kappa shape index (κ3) is 3.35. The Balaban J connectivity index is 1.54. The van der Waals surface area contributed by atoms with Gasteiger partial charge in [-0.3, -0.25) is 4.90 Å². The number of aryl methyl sites for hydroxylation is 2. The van der Waals surface area contributed by atoms with Crippen molar-refractivity contribution in [3.63, 3.8) is 0 Å². The number of hydrogen-bond donors (Lipinski definition) is 0. The number of hydrogen-bond acceptors (Lipinski definition) is 3. The molecule has 0 atom stereocenters. The molecular formula is C32H25BF6N2O. The van der Waals surface area contributed by atoms with Crippen molar-refractivity contribution in [2.75, 3.05) is 4.90 Å². The summed E-state index contributed by atoms with van der Waals surface area (Å²) in [5, 5.41) is 0. The SMILES string of the molecule is Cc1ccc2c(c1)B1c3ccc(C(C)(C)C)cc3N(c3ccc4c(c3)C(F)(F)C(F)(F)C4(F)F)c3nc(C)cc(c31)O2. The molecule has 0 bridgehead atoms. The Kier molecular flexibility index (Phi) is 5.20. The van der Waals surface area contributed by atoms with Crippen molar-refractivity contribution < 1.29 is 31.1 Å². The van der Waals surface area contributed by atoms with E-state index in [4.69, 9.17) is 9.72 Å². The molecule has 0 amide bonds. The molecule has 0 unspecified atom stereocenters. The van der Waals surface area contributed by atoms with E-state index in [1.165, 1.54) is 6.07 Å². The fourth-order valence-corrected chi connectivity index (χ4v) is 6.31. The van der Waals surface area contributed by atoms with Crippen molar-refractivity contribution >= 4 is 40.3 Å². The van der Waals surface area contributed by atoms with Crippen molar-refractivity contribution in [2.45, 2.75) is 57.8 Å². The van der Waals surface area contributed by atoms with Crippen LogP contribution >= 0.6 is 0 Å². The summed E-state index contributed by atoms with van der Waals surface area (Å²) < 4.78 is 94.1. The predicted molar refractivity (Wildman–Crippen MR) is 151 cm³/mol. The molecule has 1 aliphatic carbocycles. The van der Waals surface area contributed by atoms with Crippen LogP contribution in [0.15, 0.2) is 60.7 Å². The van der Waals surface area contributed by atoms with E-state index in [9.17, 15) is 26.3 Å². The Bertz CT molecular complexity index is 1830. The summed E-state index contributed by atoms with van der Waals surface area (Å²) in [5.74, 6) is -14.1. The molecule has 0 spiro atoms. The average Bonchev–Trinajstić information content (AvgIpc) is 3.01. The average molecular weight is 578 g/mol. The molecule has 3 nitrogen and oxygen atoms in total. The standard InChI is InChI=1S/C32H25BF6N2O/c1-16-6-11-25-23(12-16)33-22-10-7-18(29(3,4)5)14-24(22)41(28-27(33)26(42-25)13-17(2)40-28)19-8-9-20-21(15-19)31(36,37)32(38,39)30(20,34)35/h6-15H,1-5H3. The molecule has 0 radical (unpaired) electrons. The normalized spacial score (nSPS) is 18.5. The van der Waals surface area contributed by atoms with Crippen molar-refractivity contribution in [3.8, 4) is 11.5 Å². The molecule has 42 heavy (non-hydrogen) atoms. The van der Waals surface area contributed by atoms with Crippen LogP contribution in [0.1, 0.15) is 48.7 Å². The highest BCUT2D eigenvalue weighted by Crippen LogP contribution is 2.63. The number of halogens is 6. The van der Waals surface area contributed by atoms with E-state index in [1.54, 1.807) is 17.9 Å². The van der Waals surface area contributed by atoms with Crippen LogP contribution < -0.4 is 26.0 Å². The molecule has 3 aliphatic rings. The van der Waals surface area contributed by atoms with E-state index >= 15 is 0 Å².